The second-order valence-corrected chi connectivity index (χ2v) is 5.58. The van der Waals surface area contributed by atoms with Crippen molar-refractivity contribution in [3.63, 3.8) is 0 Å². The summed E-state index contributed by atoms with van der Waals surface area (Å²) in [5.74, 6) is 0.285. The zero-order valence-corrected chi connectivity index (χ0v) is 14.0. The molecule has 0 aliphatic heterocycles. The van der Waals surface area contributed by atoms with Crippen LogP contribution in [-0.4, -0.2) is 31.5 Å². The number of rotatable bonds is 7. The summed E-state index contributed by atoms with van der Waals surface area (Å²) >= 11 is 0. The minimum Gasteiger partial charge on any atom is -0.484 e. The Labute approximate surface area is 142 Å². The molecule has 2 aromatic carbocycles. The SMILES string of the molecule is Cc1ccc(OCC(=O)NCCNC(=O)c2cccc(C)c2)cc1. The normalized spacial score (nSPS) is 10.1. The maximum atomic E-state index is 11.9. The van der Waals surface area contributed by atoms with Gasteiger partial charge in [0.1, 0.15) is 5.75 Å². The van der Waals surface area contributed by atoms with Gasteiger partial charge in [-0.05, 0) is 38.1 Å². The number of nitrogens with one attached hydrogen (secondary N) is 2. The molecule has 2 amide bonds. The molecule has 0 aromatic heterocycles. The number of hydrogen-bond donors (Lipinski definition) is 2. The molecule has 0 bridgehead atoms. The molecule has 0 radical (unpaired) electrons. The lowest BCUT2D eigenvalue weighted by molar-refractivity contribution is -0.123. The van der Waals surface area contributed by atoms with Crippen LogP contribution >= 0.6 is 0 Å². The molecule has 126 valence electrons. The van der Waals surface area contributed by atoms with E-state index in [9.17, 15) is 9.59 Å². The van der Waals surface area contributed by atoms with Gasteiger partial charge in [-0.25, -0.2) is 0 Å². The van der Waals surface area contributed by atoms with Crippen LogP contribution < -0.4 is 15.4 Å². The van der Waals surface area contributed by atoms with Crippen molar-refractivity contribution in [1.29, 1.82) is 0 Å². The fourth-order valence-corrected chi connectivity index (χ4v) is 2.10. The lowest BCUT2D eigenvalue weighted by Crippen LogP contribution is -2.36. The second kappa shape index (κ2) is 8.72. The van der Waals surface area contributed by atoms with Crippen molar-refractivity contribution >= 4 is 11.8 Å². The smallest absolute Gasteiger partial charge is 0.258 e. The molecule has 0 saturated carbocycles. The first-order chi connectivity index (χ1) is 11.5. The molecule has 2 aromatic rings. The molecule has 0 saturated heterocycles. The maximum absolute atomic E-state index is 11.9. The summed E-state index contributed by atoms with van der Waals surface area (Å²) in [6.45, 7) is 4.60. The van der Waals surface area contributed by atoms with E-state index in [1.54, 1.807) is 6.07 Å². The molecule has 2 N–H and O–H groups in total. The molecule has 0 aliphatic rings. The first kappa shape index (κ1) is 17.5. The number of carbonyl (C=O) groups is 2. The van der Waals surface area contributed by atoms with Crippen LogP contribution in [0.15, 0.2) is 48.5 Å². The van der Waals surface area contributed by atoms with E-state index < -0.39 is 0 Å². The fourth-order valence-electron chi connectivity index (χ4n) is 2.10. The van der Waals surface area contributed by atoms with Crippen LogP contribution in [0.25, 0.3) is 0 Å². The zero-order valence-electron chi connectivity index (χ0n) is 14.0. The van der Waals surface area contributed by atoms with Crippen LogP contribution in [0, 0.1) is 13.8 Å². The molecular formula is C19H22N2O3. The number of carbonyl (C=O) groups excluding carboxylic acids is 2. The van der Waals surface area contributed by atoms with Crippen LogP contribution in [0.5, 0.6) is 5.75 Å². The van der Waals surface area contributed by atoms with Gasteiger partial charge in [-0.3, -0.25) is 9.59 Å². The summed E-state index contributed by atoms with van der Waals surface area (Å²) < 4.78 is 5.38. The Morgan fingerprint density at radius 3 is 2.33 bits per heavy atom. The molecule has 2 rings (SSSR count). The molecular weight excluding hydrogens is 304 g/mol. The third-order valence-corrected chi connectivity index (χ3v) is 3.40. The number of ether oxygens (including phenoxy) is 1. The predicted octanol–water partition coefficient (Wildman–Crippen LogP) is 2.23. The summed E-state index contributed by atoms with van der Waals surface area (Å²) in [7, 11) is 0. The Balaban J connectivity index is 1.64. The van der Waals surface area contributed by atoms with E-state index in [0.717, 1.165) is 11.1 Å². The average Bonchev–Trinajstić information content (AvgIpc) is 2.58. The zero-order chi connectivity index (χ0) is 17.4. The van der Waals surface area contributed by atoms with Gasteiger partial charge in [-0.1, -0.05) is 35.4 Å². The highest BCUT2D eigenvalue weighted by Crippen LogP contribution is 2.10. The molecule has 0 unspecified atom stereocenters. The van der Waals surface area contributed by atoms with Crippen molar-refractivity contribution in [3.8, 4) is 5.75 Å². The first-order valence-corrected chi connectivity index (χ1v) is 7.85. The Bertz CT molecular complexity index is 696. The van der Waals surface area contributed by atoms with Gasteiger partial charge in [0.15, 0.2) is 6.61 Å². The lowest BCUT2D eigenvalue weighted by Gasteiger charge is -2.09. The van der Waals surface area contributed by atoms with Gasteiger partial charge in [-0.2, -0.15) is 0 Å². The van der Waals surface area contributed by atoms with Gasteiger partial charge in [0.05, 0.1) is 0 Å². The van der Waals surface area contributed by atoms with Crippen molar-refractivity contribution in [3.05, 3.63) is 65.2 Å². The van der Waals surface area contributed by atoms with E-state index in [1.807, 2.05) is 56.3 Å². The van der Waals surface area contributed by atoms with E-state index >= 15 is 0 Å². The summed E-state index contributed by atoms with van der Waals surface area (Å²) in [5, 5.41) is 5.47. The summed E-state index contributed by atoms with van der Waals surface area (Å²) in [6.07, 6.45) is 0. The van der Waals surface area contributed by atoms with E-state index in [0.29, 0.717) is 24.4 Å². The molecule has 0 heterocycles. The largest absolute Gasteiger partial charge is 0.484 e. The Morgan fingerprint density at radius 1 is 0.917 bits per heavy atom. The van der Waals surface area contributed by atoms with Crippen LogP contribution in [0.2, 0.25) is 0 Å². The van der Waals surface area contributed by atoms with Crippen LogP contribution in [0.3, 0.4) is 0 Å². The summed E-state index contributed by atoms with van der Waals surface area (Å²) in [6, 6.07) is 14.9. The maximum Gasteiger partial charge on any atom is 0.258 e. The van der Waals surface area contributed by atoms with E-state index in [2.05, 4.69) is 10.6 Å². The number of benzene rings is 2. The Morgan fingerprint density at radius 2 is 1.62 bits per heavy atom. The lowest BCUT2D eigenvalue weighted by atomic mass is 10.1. The Kier molecular flexibility index (Phi) is 6.37. The van der Waals surface area contributed by atoms with E-state index in [-0.39, 0.29) is 18.4 Å². The topological polar surface area (TPSA) is 67.4 Å². The van der Waals surface area contributed by atoms with Crippen molar-refractivity contribution in [2.45, 2.75) is 13.8 Å². The van der Waals surface area contributed by atoms with E-state index in [1.165, 1.54) is 0 Å². The minimum atomic E-state index is -0.222. The quantitative estimate of drug-likeness (QED) is 0.767. The number of amides is 2. The van der Waals surface area contributed by atoms with Gasteiger partial charge in [0.2, 0.25) is 0 Å². The average molecular weight is 326 g/mol. The number of aryl methyl sites for hydroxylation is 2. The molecule has 0 atom stereocenters. The monoisotopic (exact) mass is 326 g/mol. The molecule has 5 nitrogen and oxygen atoms in total. The molecule has 0 fully saturated rings. The van der Waals surface area contributed by atoms with Gasteiger partial charge in [-0.15, -0.1) is 0 Å². The Hall–Kier alpha value is -2.82. The minimum absolute atomic E-state index is 0.0467. The number of hydrogen-bond acceptors (Lipinski definition) is 3. The highest BCUT2D eigenvalue weighted by atomic mass is 16.5. The predicted molar refractivity (Wildman–Crippen MR) is 93.2 cm³/mol. The molecule has 5 heteroatoms. The fraction of sp³-hybridized carbons (Fsp3) is 0.263. The van der Waals surface area contributed by atoms with Crippen molar-refractivity contribution in [2.24, 2.45) is 0 Å². The van der Waals surface area contributed by atoms with Gasteiger partial charge < -0.3 is 15.4 Å². The van der Waals surface area contributed by atoms with Gasteiger partial charge in [0.25, 0.3) is 11.8 Å². The van der Waals surface area contributed by atoms with Crippen molar-refractivity contribution in [1.82, 2.24) is 10.6 Å². The van der Waals surface area contributed by atoms with Crippen LogP contribution in [0.1, 0.15) is 21.5 Å². The van der Waals surface area contributed by atoms with Gasteiger partial charge in [0, 0.05) is 18.7 Å². The van der Waals surface area contributed by atoms with Crippen molar-refractivity contribution in [2.75, 3.05) is 19.7 Å². The third-order valence-electron chi connectivity index (χ3n) is 3.40. The van der Waals surface area contributed by atoms with Crippen molar-refractivity contribution < 1.29 is 14.3 Å². The van der Waals surface area contributed by atoms with Gasteiger partial charge >= 0.3 is 0 Å². The molecule has 0 spiro atoms. The van der Waals surface area contributed by atoms with E-state index in [4.69, 9.17) is 4.74 Å². The second-order valence-electron chi connectivity index (χ2n) is 5.58. The standard InChI is InChI=1S/C19H22N2O3/c1-14-6-8-17(9-7-14)24-13-18(22)20-10-11-21-19(23)16-5-3-4-15(2)12-16/h3-9,12H,10-11,13H2,1-2H3,(H,20,22)(H,21,23). The van der Waals surface area contributed by atoms with Crippen LogP contribution in [-0.2, 0) is 4.79 Å². The highest BCUT2D eigenvalue weighted by molar-refractivity contribution is 5.94. The van der Waals surface area contributed by atoms with Crippen LogP contribution in [0.4, 0.5) is 0 Å². The first-order valence-electron chi connectivity index (χ1n) is 7.85. The summed E-state index contributed by atoms with van der Waals surface area (Å²) in [5.41, 5.74) is 2.78. The molecule has 24 heavy (non-hydrogen) atoms. The molecule has 0 aliphatic carbocycles. The third kappa shape index (κ3) is 5.76. The highest BCUT2D eigenvalue weighted by Gasteiger charge is 2.05. The summed E-state index contributed by atoms with van der Waals surface area (Å²) in [4.78, 5) is 23.6.